The van der Waals surface area contributed by atoms with E-state index in [4.69, 9.17) is 0 Å². The molecule has 7 heteroatoms. The summed E-state index contributed by atoms with van der Waals surface area (Å²) >= 11 is 0. The third-order valence-electron chi connectivity index (χ3n) is 6.45. The summed E-state index contributed by atoms with van der Waals surface area (Å²) in [5.74, 6) is -0.144. The summed E-state index contributed by atoms with van der Waals surface area (Å²) < 4.78 is 27.6. The minimum absolute atomic E-state index is 0.144. The molecule has 0 aliphatic heterocycles. The molecule has 1 atom stereocenters. The van der Waals surface area contributed by atoms with Crippen LogP contribution in [0.25, 0.3) is 0 Å². The lowest BCUT2D eigenvalue weighted by atomic mass is 9.99. The molecule has 0 saturated heterocycles. The molecule has 2 amide bonds. The zero-order valence-electron chi connectivity index (χ0n) is 18.3. The maximum Gasteiger partial charge on any atom is 0.332 e. The van der Waals surface area contributed by atoms with Crippen LogP contribution in [0.5, 0.6) is 0 Å². The predicted molar refractivity (Wildman–Crippen MR) is 124 cm³/mol. The second-order valence-electron chi connectivity index (χ2n) is 8.82. The maximum atomic E-state index is 12.7. The summed E-state index contributed by atoms with van der Waals surface area (Å²) in [6, 6.07) is 11.3. The smallest absolute Gasteiger partial charge is 0.307 e. The van der Waals surface area contributed by atoms with Crippen molar-refractivity contribution in [3.8, 4) is 0 Å². The van der Waals surface area contributed by atoms with E-state index < -0.39 is 16.1 Å². The molecule has 2 N–H and O–H groups in total. The molecule has 0 fully saturated rings. The van der Waals surface area contributed by atoms with Gasteiger partial charge in [0.25, 0.3) is 0 Å². The van der Waals surface area contributed by atoms with Crippen molar-refractivity contribution in [1.82, 2.24) is 9.62 Å². The first-order valence-electron chi connectivity index (χ1n) is 11.0. The van der Waals surface area contributed by atoms with Gasteiger partial charge in [-0.15, -0.1) is 0 Å². The highest BCUT2D eigenvalue weighted by Gasteiger charge is 2.27. The molecule has 0 heterocycles. The molecule has 2 aliphatic rings. The van der Waals surface area contributed by atoms with Crippen molar-refractivity contribution in [2.75, 3.05) is 18.1 Å². The molecule has 166 valence electrons. The molecule has 1 unspecified atom stereocenters. The number of carbonyl (C=O) groups is 1. The lowest BCUT2D eigenvalue weighted by Crippen LogP contribution is -2.42. The van der Waals surface area contributed by atoms with Gasteiger partial charge < -0.3 is 5.32 Å². The number of benzene rings is 2. The third-order valence-corrected chi connectivity index (χ3v) is 7.87. The van der Waals surface area contributed by atoms with Gasteiger partial charge in [-0.3, -0.25) is 4.90 Å². The molecular formula is C24H31N3O3S. The highest BCUT2D eigenvalue weighted by atomic mass is 32.2. The van der Waals surface area contributed by atoms with Crippen molar-refractivity contribution in [3.05, 3.63) is 64.2 Å². The molecule has 0 bridgehead atoms. The van der Waals surface area contributed by atoms with E-state index in [-0.39, 0.29) is 11.8 Å². The van der Waals surface area contributed by atoms with E-state index >= 15 is 0 Å². The Hall–Kier alpha value is -2.38. The Balaban J connectivity index is 1.40. The molecule has 0 aromatic heterocycles. The highest BCUT2D eigenvalue weighted by molar-refractivity contribution is 7.90. The monoisotopic (exact) mass is 441 g/mol. The van der Waals surface area contributed by atoms with Crippen molar-refractivity contribution < 1.29 is 13.2 Å². The molecule has 0 saturated carbocycles. The maximum absolute atomic E-state index is 12.7. The van der Waals surface area contributed by atoms with Gasteiger partial charge in [-0.2, -0.15) is 0 Å². The summed E-state index contributed by atoms with van der Waals surface area (Å²) in [4.78, 5) is 14.6. The van der Waals surface area contributed by atoms with Gasteiger partial charge >= 0.3 is 6.03 Å². The standard InChI is InChI=1S/C24H31N3O3S/c1-17(27(2)15-18-8-4-3-5-9-18)16-31(29,30)26-24(28)25-23-21-12-6-10-19(21)14-20-11-7-13-22(20)23/h3-5,8-9,14,17H,6-7,10-13,15-16H2,1-2H3,(H2,25,26,28). The van der Waals surface area contributed by atoms with Crippen LogP contribution in [0.15, 0.2) is 36.4 Å². The van der Waals surface area contributed by atoms with E-state index in [0.717, 1.165) is 49.8 Å². The van der Waals surface area contributed by atoms with Crippen molar-refractivity contribution >= 4 is 21.7 Å². The van der Waals surface area contributed by atoms with Crippen LogP contribution >= 0.6 is 0 Å². The number of nitrogens with zero attached hydrogens (tertiary/aromatic N) is 1. The zero-order chi connectivity index (χ0) is 22.0. The van der Waals surface area contributed by atoms with E-state index in [9.17, 15) is 13.2 Å². The summed E-state index contributed by atoms with van der Waals surface area (Å²) in [7, 11) is -1.88. The van der Waals surface area contributed by atoms with Gasteiger partial charge in [0, 0.05) is 18.3 Å². The van der Waals surface area contributed by atoms with Gasteiger partial charge in [0.2, 0.25) is 10.0 Å². The normalized spacial score (nSPS) is 16.1. The number of amides is 2. The molecular weight excluding hydrogens is 410 g/mol. The van der Waals surface area contributed by atoms with Crippen molar-refractivity contribution in [2.24, 2.45) is 0 Å². The van der Waals surface area contributed by atoms with Crippen LogP contribution in [0.1, 0.15) is 47.6 Å². The first-order valence-corrected chi connectivity index (χ1v) is 12.7. The zero-order valence-corrected chi connectivity index (χ0v) is 19.1. The minimum Gasteiger partial charge on any atom is -0.307 e. The van der Waals surface area contributed by atoms with Gasteiger partial charge in [0.05, 0.1) is 5.75 Å². The van der Waals surface area contributed by atoms with Crippen LogP contribution in [0, 0.1) is 0 Å². The van der Waals surface area contributed by atoms with Crippen LogP contribution in [-0.4, -0.2) is 38.2 Å². The van der Waals surface area contributed by atoms with Gasteiger partial charge in [-0.25, -0.2) is 17.9 Å². The Bertz CT molecular complexity index is 1030. The number of fused-ring (bicyclic) bond motifs is 2. The van der Waals surface area contributed by atoms with E-state index in [2.05, 4.69) is 16.1 Å². The molecule has 31 heavy (non-hydrogen) atoms. The average Bonchev–Trinajstić information content (AvgIpc) is 3.37. The van der Waals surface area contributed by atoms with Crippen molar-refractivity contribution in [3.63, 3.8) is 0 Å². The fourth-order valence-corrected chi connectivity index (χ4v) is 6.07. The van der Waals surface area contributed by atoms with Gasteiger partial charge in [0.15, 0.2) is 0 Å². The number of anilines is 1. The quantitative estimate of drug-likeness (QED) is 0.688. The number of urea groups is 1. The van der Waals surface area contributed by atoms with Gasteiger partial charge in [-0.1, -0.05) is 36.4 Å². The number of aryl methyl sites for hydroxylation is 2. The number of sulfonamides is 1. The van der Waals surface area contributed by atoms with Crippen LogP contribution < -0.4 is 10.0 Å². The Kier molecular flexibility index (Phi) is 6.34. The SMILES string of the molecule is CC(CS(=O)(=O)NC(=O)Nc1c2c(cc3c1CCC3)CCC2)N(C)Cc1ccccc1. The first-order chi connectivity index (χ1) is 14.8. The number of nitrogens with one attached hydrogen (secondary N) is 2. The molecule has 0 radical (unpaired) electrons. The van der Waals surface area contributed by atoms with E-state index in [1.54, 1.807) is 0 Å². The summed E-state index contributed by atoms with van der Waals surface area (Å²) in [6.45, 7) is 2.50. The lowest BCUT2D eigenvalue weighted by molar-refractivity contribution is 0.255. The summed E-state index contributed by atoms with van der Waals surface area (Å²) in [5.41, 5.74) is 6.94. The Labute approximate surface area is 185 Å². The van der Waals surface area contributed by atoms with Gasteiger partial charge in [0.1, 0.15) is 0 Å². The van der Waals surface area contributed by atoms with E-state index in [1.165, 1.54) is 22.3 Å². The van der Waals surface area contributed by atoms with Crippen molar-refractivity contribution in [1.29, 1.82) is 0 Å². The molecule has 2 aromatic rings. The van der Waals surface area contributed by atoms with E-state index in [1.807, 2.05) is 49.2 Å². The number of carbonyl (C=O) groups excluding carboxylic acids is 1. The summed E-state index contributed by atoms with van der Waals surface area (Å²) in [5, 5.41) is 2.90. The highest BCUT2D eigenvalue weighted by Crippen LogP contribution is 2.38. The molecule has 6 nitrogen and oxygen atoms in total. The van der Waals surface area contributed by atoms with Crippen LogP contribution in [0.2, 0.25) is 0 Å². The molecule has 2 aliphatic carbocycles. The topological polar surface area (TPSA) is 78.5 Å². The number of hydrogen-bond donors (Lipinski definition) is 2. The Morgan fingerprint density at radius 2 is 1.65 bits per heavy atom. The second kappa shape index (κ2) is 9.01. The lowest BCUT2D eigenvalue weighted by Gasteiger charge is -2.24. The number of rotatable bonds is 7. The van der Waals surface area contributed by atoms with Crippen LogP contribution in [-0.2, 0) is 42.3 Å². The third kappa shape index (κ3) is 5.10. The van der Waals surface area contributed by atoms with Crippen LogP contribution in [0.4, 0.5) is 10.5 Å². The second-order valence-corrected chi connectivity index (χ2v) is 10.6. The summed E-state index contributed by atoms with van der Waals surface area (Å²) in [6.07, 6.45) is 6.10. The largest absolute Gasteiger partial charge is 0.332 e. The van der Waals surface area contributed by atoms with Crippen LogP contribution in [0.3, 0.4) is 0 Å². The Morgan fingerprint density at radius 1 is 1.03 bits per heavy atom. The fourth-order valence-electron chi connectivity index (χ4n) is 4.76. The minimum atomic E-state index is -3.77. The number of hydrogen-bond acceptors (Lipinski definition) is 4. The van der Waals surface area contributed by atoms with Crippen molar-refractivity contribution in [2.45, 2.75) is 58.0 Å². The molecule has 0 spiro atoms. The van der Waals surface area contributed by atoms with Gasteiger partial charge in [-0.05, 0) is 80.3 Å². The first kappa shape index (κ1) is 21.8. The Morgan fingerprint density at radius 3 is 2.26 bits per heavy atom. The predicted octanol–water partition coefficient (Wildman–Crippen LogP) is 3.64. The molecule has 2 aromatic carbocycles. The molecule has 4 rings (SSSR count). The fraction of sp³-hybridized carbons (Fsp3) is 0.458. The van der Waals surface area contributed by atoms with E-state index in [0.29, 0.717) is 6.54 Å². The average molecular weight is 442 g/mol.